The zero-order valence-electron chi connectivity index (χ0n) is 12.9. The minimum Gasteiger partial charge on any atom is -0.485 e. The predicted molar refractivity (Wildman–Crippen MR) is 89.1 cm³/mol. The lowest BCUT2D eigenvalue weighted by atomic mass is 9.93. The van der Waals surface area contributed by atoms with Crippen LogP contribution in [0.15, 0.2) is 59.6 Å². The van der Waals surface area contributed by atoms with E-state index in [-0.39, 0.29) is 18.1 Å². The molecule has 1 amide bonds. The molecule has 1 aliphatic heterocycles. The van der Waals surface area contributed by atoms with Crippen molar-refractivity contribution in [3.05, 3.63) is 65.7 Å². The van der Waals surface area contributed by atoms with E-state index in [1.165, 1.54) is 4.90 Å². The fourth-order valence-electron chi connectivity index (χ4n) is 2.69. The summed E-state index contributed by atoms with van der Waals surface area (Å²) in [5.74, 6) is 1.01. The lowest BCUT2D eigenvalue weighted by Crippen LogP contribution is -2.33. The number of carbonyl (C=O) groups excluding carboxylic acids is 1. The zero-order valence-corrected chi connectivity index (χ0v) is 12.9. The number of para-hydroxylation sites is 1. The summed E-state index contributed by atoms with van der Waals surface area (Å²) in [6.45, 7) is 0. The summed E-state index contributed by atoms with van der Waals surface area (Å²) in [5.41, 5.74) is 7.99. The summed E-state index contributed by atoms with van der Waals surface area (Å²) >= 11 is 0. The SMILES string of the molecule is CN(C=O)C(N)=NC1CC(c2ccccc2)Oc2ccccc21. The minimum atomic E-state index is -0.146. The standard InChI is InChI=1S/C18H19N3O2/c1-21(12-22)18(19)20-15-11-17(13-7-3-2-4-8-13)23-16-10-6-5-9-14(15)16/h2-10,12,15,17H,11H2,1H3,(H2,19,20). The number of benzene rings is 2. The monoisotopic (exact) mass is 309 g/mol. The third-order valence-corrected chi connectivity index (χ3v) is 3.96. The fraction of sp³-hybridized carbons (Fsp3) is 0.222. The summed E-state index contributed by atoms with van der Waals surface area (Å²) in [4.78, 5) is 16.7. The van der Waals surface area contributed by atoms with Gasteiger partial charge in [0.05, 0.1) is 6.04 Å². The van der Waals surface area contributed by atoms with Crippen LogP contribution in [0.3, 0.4) is 0 Å². The molecule has 118 valence electrons. The third-order valence-electron chi connectivity index (χ3n) is 3.96. The van der Waals surface area contributed by atoms with Crippen molar-refractivity contribution in [2.75, 3.05) is 7.05 Å². The molecule has 0 fully saturated rings. The number of nitrogens with zero attached hydrogens (tertiary/aromatic N) is 2. The van der Waals surface area contributed by atoms with Crippen LogP contribution in [-0.4, -0.2) is 24.3 Å². The average Bonchev–Trinajstić information content (AvgIpc) is 2.61. The highest BCUT2D eigenvalue weighted by Crippen LogP contribution is 2.42. The smallest absolute Gasteiger partial charge is 0.216 e. The molecule has 2 atom stereocenters. The molecule has 2 aromatic carbocycles. The van der Waals surface area contributed by atoms with Crippen LogP contribution in [0.2, 0.25) is 0 Å². The Morgan fingerprint density at radius 1 is 1.22 bits per heavy atom. The van der Waals surface area contributed by atoms with Gasteiger partial charge in [0.1, 0.15) is 11.9 Å². The van der Waals surface area contributed by atoms with Crippen molar-refractivity contribution >= 4 is 12.4 Å². The molecule has 0 bridgehead atoms. The van der Waals surface area contributed by atoms with Crippen molar-refractivity contribution in [2.24, 2.45) is 10.7 Å². The normalized spacial score (nSPS) is 20.3. The summed E-state index contributed by atoms with van der Waals surface area (Å²) in [7, 11) is 1.59. The lowest BCUT2D eigenvalue weighted by molar-refractivity contribution is -0.114. The maximum atomic E-state index is 10.9. The molecule has 3 rings (SSSR count). The molecule has 1 heterocycles. The Morgan fingerprint density at radius 2 is 1.91 bits per heavy atom. The van der Waals surface area contributed by atoms with Gasteiger partial charge >= 0.3 is 0 Å². The summed E-state index contributed by atoms with van der Waals surface area (Å²) < 4.78 is 6.12. The quantitative estimate of drug-likeness (QED) is 0.538. The Labute approximate surface area is 135 Å². The second-order valence-electron chi connectivity index (χ2n) is 5.51. The molecule has 0 saturated carbocycles. The van der Waals surface area contributed by atoms with Gasteiger partial charge in [0.15, 0.2) is 5.96 Å². The van der Waals surface area contributed by atoms with Crippen LogP contribution in [0.5, 0.6) is 5.75 Å². The van der Waals surface area contributed by atoms with Crippen LogP contribution in [0.4, 0.5) is 0 Å². The van der Waals surface area contributed by atoms with Gasteiger partial charge in [-0.15, -0.1) is 0 Å². The van der Waals surface area contributed by atoms with Gasteiger partial charge in [-0.3, -0.25) is 9.69 Å². The summed E-state index contributed by atoms with van der Waals surface area (Å²) in [6, 6.07) is 17.7. The largest absolute Gasteiger partial charge is 0.485 e. The van der Waals surface area contributed by atoms with Gasteiger partial charge in [0, 0.05) is 19.0 Å². The van der Waals surface area contributed by atoms with Crippen LogP contribution in [0.1, 0.15) is 29.7 Å². The second kappa shape index (κ2) is 6.52. The molecule has 2 unspecified atom stereocenters. The first kappa shape index (κ1) is 15.1. The number of aliphatic imine (C=N–C) groups is 1. The van der Waals surface area contributed by atoms with Crippen LogP contribution < -0.4 is 10.5 Å². The molecule has 0 radical (unpaired) electrons. The van der Waals surface area contributed by atoms with E-state index in [0.29, 0.717) is 12.8 Å². The van der Waals surface area contributed by atoms with Gasteiger partial charge in [-0.2, -0.15) is 0 Å². The van der Waals surface area contributed by atoms with Crippen molar-refractivity contribution in [3.63, 3.8) is 0 Å². The number of nitrogens with two attached hydrogens (primary N) is 1. The van der Waals surface area contributed by atoms with E-state index < -0.39 is 0 Å². The van der Waals surface area contributed by atoms with E-state index in [2.05, 4.69) is 4.99 Å². The summed E-state index contributed by atoms with van der Waals surface area (Å²) in [5, 5.41) is 0. The van der Waals surface area contributed by atoms with Crippen molar-refractivity contribution in [2.45, 2.75) is 18.6 Å². The molecule has 0 saturated heterocycles. The van der Waals surface area contributed by atoms with Gasteiger partial charge in [0.2, 0.25) is 6.41 Å². The molecule has 0 aromatic heterocycles. The van der Waals surface area contributed by atoms with E-state index in [9.17, 15) is 4.79 Å². The predicted octanol–water partition coefficient (Wildman–Crippen LogP) is 2.65. The van der Waals surface area contributed by atoms with Crippen LogP contribution >= 0.6 is 0 Å². The Balaban J connectivity index is 1.96. The van der Waals surface area contributed by atoms with E-state index in [0.717, 1.165) is 16.9 Å². The Hall–Kier alpha value is -2.82. The van der Waals surface area contributed by atoms with Gasteiger partial charge in [-0.25, -0.2) is 4.99 Å². The van der Waals surface area contributed by atoms with Crippen molar-refractivity contribution in [1.82, 2.24) is 4.90 Å². The van der Waals surface area contributed by atoms with Crippen LogP contribution in [0.25, 0.3) is 0 Å². The molecule has 2 aromatic rings. The number of hydrogen-bond acceptors (Lipinski definition) is 3. The van der Waals surface area contributed by atoms with Crippen molar-refractivity contribution in [3.8, 4) is 5.75 Å². The number of guanidine groups is 1. The first-order valence-corrected chi connectivity index (χ1v) is 7.51. The molecule has 5 heteroatoms. The first-order valence-electron chi connectivity index (χ1n) is 7.51. The van der Waals surface area contributed by atoms with Gasteiger partial charge in [-0.1, -0.05) is 48.5 Å². The Bertz CT molecular complexity index is 715. The maximum Gasteiger partial charge on any atom is 0.216 e. The highest BCUT2D eigenvalue weighted by atomic mass is 16.5. The van der Waals surface area contributed by atoms with Gasteiger partial charge in [0.25, 0.3) is 0 Å². The number of ether oxygens (including phenoxy) is 1. The third kappa shape index (κ3) is 3.18. The highest BCUT2D eigenvalue weighted by Gasteiger charge is 2.29. The molecule has 5 nitrogen and oxygen atoms in total. The topological polar surface area (TPSA) is 67.9 Å². The van der Waals surface area contributed by atoms with Crippen molar-refractivity contribution < 1.29 is 9.53 Å². The van der Waals surface area contributed by atoms with E-state index in [1.54, 1.807) is 7.05 Å². The van der Waals surface area contributed by atoms with Crippen LogP contribution in [-0.2, 0) is 4.79 Å². The zero-order chi connectivity index (χ0) is 16.2. The highest BCUT2D eigenvalue weighted by molar-refractivity contribution is 5.87. The molecular formula is C18H19N3O2. The number of fused-ring (bicyclic) bond motifs is 1. The van der Waals surface area contributed by atoms with E-state index in [1.807, 2.05) is 54.6 Å². The summed E-state index contributed by atoms with van der Waals surface area (Å²) in [6.07, 6.45) is 1.24. The first-order chi connectivity index (χ1) is 11.2. The molecule has 0 aliphatic carbocycles. The molecule has 1 aliphatic rings. The molecule has 2 N–H and O–H groups in total. The van der Waals surface area contributed by atoms with Gasteiger partial charge in [-0.05, 0) is 11.6 Å². The molecular weight excluding hydrogens is 290 g/mol. The number of amides is 1. The molecule has 0 spiro atoms. The number of carbonyl (C=O) groups is 1. The van der Waals surface area contributed by atoms with E-state index in [4.69, 9.17) is 10.5 Å². The number of hydrogen-bond donors (Lipinski definition) is 1. The molecule has 23 heavy (non-hydrogen) atoms. The average molecular weight is 309 g/mol. The van der Waals surface area contributed by atoms with Crippen molar-refractivity contribution in [1.29, 1.82) is 0 Å². The minimum absolute atomic E-state index is 0.0887. The second-order valence-corrected chi connectivity index (χ2v) is 5.51. The maximum absolute atomic E-state index is 10.9. The Morgan fingerprint density at radius 3 is 2.65 bits per heavy atom. The number of rotatable bonds is 3. The van der Waals surface area contributed by atoms with Crippen LogP contribution in [0, 0.1) is 0 Å². The van der Waals surface area contributed by atoms with E-state index >= 15 is 0 Å². The Kier molecular flexibility index (Phi) is 4.28. The fourth-order valence-corrected chi connectivity index (χ4v) is 2.69. The lowest BCUT2D eigenvalue weighted by Gasteiger charge is -2.31. The van der Waals surface area contributed by atoms with Gasteiger partial charge < -0.3 is 10.5 Å².